The van der Waals surface area contributed by atoms with Crippen LogP contribution in [0.1, 0.15) is 5.82 Å². The van der Waals surface area contributed by atoms with Crippen LogP contribution in [0.2, 0.25) is 0 Å². The van der Waals surface area contributed by atoms with Crippen molar-refractivity contribution in [3.8, 4) is 0 Å². The number of nitro benzene ring substituents is 1. The molecule has 3 aromatic rings. The maximum absolute atomic E-state index is 11.3. The standard InChI is InChI=1S/C18H20N6O2/c1-21-7-6-20-18(21)13-22-8-10-23(11-9-22)16-2-3-17(24(25)26)15-12-19-5-4-14(15)16/h2-7,12H,8-11,13H2,1H3. The molecule has 0 radical (unpaired) electrons. The smallest absolute Gasteiger partial charge is 0.278 e. The number of non-ortho nitro benzene ring substituents is 1. The Morgan fingerprint density at radius 3 is 2.62 bits per heavy atom. The van der Waals surface area contributed by atoms with Gasteiger partial charge in [0.05, 0.1) is 16.9 Å². The molecule has 1 aliphatic heterocycles. The number of hydrogen-bond donors (Lipinski definition) is 0. The minimum absolute atomic E-state index is 0.102. The molecule has 134 valence electrons. The van der Waals surface area contributed by atoms with Gasteiger partial charge in [0, 0.05) is 75.2 Å². The number of rotatable bonds is 4. The number of aryl methyl sites for hydroxylation is 1. The maximum Gasteiger partial charge on any atom is 0.278 e. The molecule has 1 aliphatic rings. The molecule has 3 heterocycles. The van der Waals surface area contributed by atoms with Crippen molar-refractivity contribution in [3.63, 3.8) is 0 Å². The molecule has 0 atom stereocenters. The molecule has 0 N–H and O–H groups in total. The maximum atomic E-state index is 11.3. The van der Waals surface area contributed by atoms with Gasteiger partial charge in [0.15, 0.2) is 0 Å². The van der Waals surface area contributed by atoms with E-state index in [0.29, 0.717) is 5.39 Å². The Hall–Kier alpha value is -3.00. The lowest BCUT2D eigenvalue weighted by molar-refractivity contribution is -0.383. The number of piperazine rings is 1. The van der Waals surface area contributed by atoms with E-state index in [1.54, 1.807) is 18.5 Å². The van der Waals surface area contributed by atoms with Crippen molar-refractivity contribution in [2.75, 3.05) is 31.1 Å². The summed E-state index contributed by atoms with van der Waals surface area (Å²) in [5.74, 6) is 1.06. The summed E-state index contributed by atoms with van der Waals surface area (Å²) in [7, 11) is 2.01. The molecule has 0 bridgehead atoms. The fourth-order valence-corrected chi connectivity index (χ4v) is 3.49. The quantitative estimate of drug-likeness (QED) is 0.529. The monoisotopic (exact) mass is 352 g/mol. The van der Waals surface area contributed by atoms with E-state index in [-0.39, 0.29) is 10.6 Å². The third-order valence-corrected chi connectivity index (χ3v) is 4.97. The van der Waals surface area contributed by atoms with Gasteiger partial charge in [-0.2, -0.15) is 0 Å². The fraction of sp³-hybridized carbons (Fsp3) is 0.333. The average molecular weight is 352 g/mol. The zero-order valence-corrected chi connectivity index (χ0v) is 14.6. The van der Waals surface area contributed by atoms with Gasteiger partial charge in [0.25, 0.3) is 5.69 Å². The van der Waals surface area contributed by atoms with Crippen LogP contribution >= 0.6 is 0 Å². The van der Waals surface area contributed by atoms with Crippen molar-refractivity contribution < 1.29 is 4.92 Å². The lowest BCUT2D eigenvalue weighted by Gasteiger charge is -2.36. The van der Waals surface area contributed by atoms with E-state index in [9.17, 15) is 10.1 Å². The van der Waals surface area contributed by atoms with Crippen LogP contribution in [-0.2, 0) is 13.6 Å². The van der Waals surface area contributed by atoms with E-state index in [2.05, 4.69) is 19.8 Å². The molecule has 0 amide bonds. The third-order valence-electron chi connectivity index (χ3n) is 4.97. The Morgan fingerprint density at radius 1 is 1.12 bits per heavy atom. The van der Waals surface area contributed by atoms with Crippen molar-refractivity contribution in [1.29, 1.82) is 0 Å². The predicted octanol–water partition coefficient (Wildman–Crippen LogP) is 2.20. The van der Waals surface area contributed by atoms with E-state index >= 15 is 0 Å². The second kappa shape index (κ2) is 6.72. The Labute approximate surface area is 150 Å². The molecule has 0 saturated carbocycles. The largest absolute Gasteiger partial charge is 0.368 e. The Balaban J connectivity index is 1.54. The molecule has 1 aromatic carbocycles. The normalized spacial score (nSPS) is 15.5. The van der Waals surface area contributed by atoms with E-state index in [1.165, 1.54) is 0 Å². The lowest BCUT2D eigenvalue weighted by Crippen LogP contribution is -2.46. The molecule has 8 heteroatoms. The second-order valence-electron chi connectivity index (χ2n) is 6.50. The van der Waals surface area contributed by atoms with Gasteiger partial charge >= 0.3 is 0 Å². The van der Waals surface area contributed by atoms with Crippen LogP contribution in [0.4, 0.5) is 11.4 Å². The van der Waals surface area contributed by atoms with Crippen molar-refractivity contribution >= 4 is 22.1 Å². The molecule has 0 aliphatic carbocycles. The van der Waals surface area contributed by atoms with Gasteiger partial charge in [-0.15, -0.1) is 0 Å². The summed E-state index contributed by atoms with van der Waals surface area (Å²) in [5, 5.41) is 12.7. The van der Waals surface area contributed by atoms with Gasteiger partial charge in [0.2, 0.25) is 0 Å². The zero-order chi connectivity index (χ0) is 18.1. The highest BCUT2D eigenvalue weighted by Gasteiger charge is 2.22. The van der Waals surface area contributed by atoms with Crippen LogP contribution < -0.4 is 4.90 Å². The summed E-state index contributed by atoms with van der Waals surface area (Å²) in [5.41, 5.74) is 1.13. The van der Waals surface area contributed by atoms with Crippen LogP contribution in [0.3, 0.4) is 0 Å². The number of anilines is 1. The highest BCUT2D eigenvalue weighted by Crippen LogP contribution is 2.33. The second-order valence-corrected chi connectivity index (χ2v) is 6.50. The van der Waals surface area contributed by atoms with Crippen LogP contribution in [0.15, 0.2) is 43.0 Å². The summed E-state index contributed by atoms with van der Waals surface area (Å²) in [6.07, 6.45) is 7.05. The van der Waals surface area contributed by atoms with Gasteiger partial charge in [-0.05, 0) is 12.1 Å². The number of hydrogen-bond acceptors (Lipinski definition) is 6. The summed E-state index contributed by atoms with van der Waals surface area (Å²) < 4.78 is 2.04. The lowest BCUT2D eigenvalue weighted by atomic mass is 10.1. The highest BCUT2D eigenvalue weighted by molar-refractivity contribution is 5.99. The van der Waals surface area contributed by atoms with E-state index in [4.69, 9.17) is 0 Å². The summed E-state index contributed by atoms with van der Waals surface area (Å²) in [6.45, 7) is 4.44. The first-order valence-electron chi connectivity index (χ1n) is 8.58. The number of imidazole rings is 1. The van der Waals surface area contributed by atoms with Crippen molar-refractivity contribution in [2.24, 2.45) is 7.05 Å². The number of pyridine rings is 1. The molecular formula is C18H20N6O2. The zero-order valence-electron chi connectivity index (χ0n) is 14.6. The summed E-state index contributed by atoms with van der Waals surface area (Å²) in [4.78, 5) is 24.1. The van der Waals surface area contributed by atoms with Crippen molar-refractivity contribution in [1.82, 2.24) is 19.4 Å². The topological polar surface area (TPSA) is 80.3 Å². The molecule has 0 spiro atoms. The van der Waals surface area contributed by atoms with Crippen LogP contribution in [-0.4, -0.2) is 50.5 Å². The van der Waals surface area contributed by atoms with E-state index in [1.807, 2.05) is 36.1 Å². The molecule has 26 heavy (non-hydrogen) atoms. The number of nitrogens with zero attached hydrogens (tertiary/aromatic N) is 6. The summed E-state index contributed by atoms with van der Waals surface area (Å²) in [6, 6.07) is 5.30. The minimum Gasteiger partial charge on any atom is -0.368 e. The number of benzene rings is 1. The Kier molecular flexibility index (Phi) is 4.26. The highest BCUT2D eigenvalue weighted by atomic mass is 16.6. The fourth-order valence-electron chi connectivity index (χ4n) is 3.49. The van der Waals surface area contributed by atoms with Crippen LogP contribution in [0, 0.1) is 10.1 Å². The van der Waals surface area contributed by atoms with Crippen molar-refractivity contribution in [2.45, 2.75) is 6.54 Å². The average Bonchev–Trinajstić information content (AvgIpc) is 3.06. The molecule has 8 nitrogen and oxygen atoms in total. The Bertz CT molecular complexity index is 946. The van der Waals surface area contributed by atoms with Gasteiger partial charge in [-0.3, -0.25) is 20.0 Å². The van der Waals surface area contributed by atoms with Gasteiger partial charge in [-0.25, -0.2) is 4.98 Å². The third kappa shape index (κ3) is 2.99. The minimum atomic E-state index is -0.349. The number of nitro groups is 1. The number of aromatic nitrogens is 3. The molecule has 0 unspecified atom stereocenters. The van der Waals surface area contributed by atoms with E-state index in [0.717, 1.165) is 49.6 Å². The number of fused-ring (bicyclic) bond motifs is 1. The molecule has 4 rings (SSSR count). The molecule has 1 fully saturated rings. The van der Waals surface area contributed by atoms with Gasteiger partial charge in [0.1, 0.15) is 5.82 Å². The molecular weight excluding hydrogens is 332 g/mol. The Morgan fingerprint density at radius 2 is 1.92 bits per heavy atom. The summed E-state index contributed by atoms with van der Waals surface area (Å²) >= 11 is 0. The first-order valence-corrected chi connectivity index (χ1v) is 8.58. The van der Waals surface area contributed by atoms with E-state index < -0.39 is 0 Å². The van der Waals surface area contributed by atoms with Crippen LogP contribution in [0.5, 0.6) is 0 Å². The first-order chi connectivity index (χ1) is 12.6. The molecule has 1 saturated heterocycles. The first kappa shape index (κ1) is 16.5. The van der Waals surface area contributed by atoms with Gasteiger partial charge < -0.3 is 9.47 Å². The SMILES string of the molecule is Cn1ccnc1CN1CCN(c2ccc([N+](=O)[O-])c3cnccc23)CC1. The van der Waals surface area contributed by atoms with Gasteiger partial charge in [-0.1, -0.05) is 0 Å². The molecule has 2 aromatic heterocycles. The van der Waals surface area contributed by atoms with Crippen LogP contribution in [0.25, 0.3) is 10.8 Å². The van der Waals surface area contributed by atoms with Crippen molar-refractivity contribution in [3.05, 3.63) is 58.9 Å². The predicted molar refractivity (Wildman–Crippen MR) is 99.1 cm³/mol.